The van der Waals surface area contributed by atoms with E-state index in [9.17, 15) is 4.79 Å². The standard InChI is InChI=1S/C15H20N2O/c1-4-10-16-15(18)12-17(3)11-14-8-6-13(5-2)7-9-14/h1,6-9H,5,10-12H2,2-3H3,(H,16,18)/p+1. The summed E-state index contributed by atoms with van der Waals surface area (Å²) in [6.45, 7) is 3.73. The monoisotopic (exact) mass is 245 g/mol. The van der Waals surface area contributed by atoms with Crippen LogP contribution in [0.2, 0.25) is 0 Å². The number of amides is 1. The van der Waals surface area contributed by atoms with Crippen molar-refractivity contribution in [3.63, 3.8) is 0 Å². The third-order valence-electron chi connectivity index (χ3n) is 2.79. The van der Waals surface area contributed by atoms with Gasteiger partial charge in [-0.1, -0.05) is 37.1 Å². The van der Waals surface area contributed by atoms with Gasteiger partial charge in [0.1, 0.15) is 6.54 Å². The van der Waals surface area contributed by atoms with Gasteiger partial charge < -0.3 is 10.2 Å². The van der Waals surface area contributed by atoms with Gasteiger partial charge in [-0.25, -0.2) is 0 Å². The van der Waals surface area contributed by atoms with E-state index in [0.29, 0.717) is 13.1 Å². The van der Waals surface area contributed by atoms with Crippen LogP contribution in [0.15, 0.2) is 24.3 Å². The average molecular weight is 245 g/mol. The molecule has 18 heavy (non-hydrogen) atoms. The van der Waals surface area contributed by atoms with Gasteiger partial charge in [0.2, 0.25) is 0 Å². The molecule has 0 radical (unpaired) electrons. The number of quaternary nitrogens is 1. The second-order valence-electron chi connectivity index (χ2n) is 4.46. The summed E-state index contributed by atoms with van der Waals surface area (Å²) in [7, 11) is 2.00. The first-order valence-electron chi connectivity index (χ1n) is 6.25. The maximum absolute atomic E-state index is 11.5. The molecule has 0 aliphatic carbocycles. The van der Waals surface area contributed by atoms with Gasteiger partial charge in [-0.05, 0) is 12.0 Å². The summed E-state index contributed by atoms with van der Waals surface area (Å²) in [5.74, 6) is 2.39. The van der Waals surface area contributed by atoms with E-state index in [2.05, 4.69) is 42.4 Å². The molecule has 0 aromatic heterocycles. The summed E-state index contributed by atoms with van der Waals surface area (Å²) in [4.78, 5) is 12.6. The smallest absolute Gasteiger partial charge is 0.275 e. The van der Waals surface area contributed by atoms with Gasteiger partial charge >= 0.3 is 0 Å². The van der Waals surface area contributed by atoms with E-state index < -0.39 is 0 Å². The Morgan fingerprint density at radius 1 is 1.33 bits per heavy atom. The number of benzene rings is 1. The van der Waals surface area contributed by atoms with Crippen molar-refractivity contribution in [3.05, 3.63) is 35.4 Å². The second kappa shape index (κ2) is 7.52. The van der Waals surface area contributed by atoms with Crippen molar-refractivity contribution in [2.45, 2.75) is 19.9 Å². The van der Waals surface area contributed by atoms with Crippen LogP contribution in [-0.2, 0) is 17.8 Å². The minimum absolute atomic E-state index is 0.00405. The number of aryl methyl sites for hydroxylation is 1. The Morgan fingerprint density at radius 2 is 1.94 bits per heavy atom. The number of rotatable bonds is 6. The molecule has 0 heterocycles. The number of hydrogen-bond donors (Lipinski definition) is 2. The van der Waals surface area contributed by atoms with Crippen LogP contribution in [-0.4, -0.2) is 26.0 Å². The summed E-state index contributed by atoms with van der Waals surface area (Å²) < 4.78 is 0. The average Bonchev–Trinajstić information content (AvgIpc) is 2.37. The zero-order valence-electron chi connectivity index (χ0n) is 11.1. The molecule has 1 aromatic rings. The summed E-state index contributed by atoms with van der Waals surface area (Å²) in [6, 6.07) is 8.53. The molecular formula is C15H21N2O+. The zero-order valence-corrected chi connectivity index (χ0v) is 11.1. The number of carbonyl (C=O) groups excluding carboxylic acids is 1. The lowest BCUT2D eigenvalue weighted by Crippen LogP contribution is -3.08. The Balaban J connectivity index is 2.41. The Hall–Kier alpha value is -1.79. The predicted molar refractivity (Wildman–Crippen MR) is 73.1 cm³/mol. The van der Waals surface area contributed by atoms with Crippen molar-refractivity contribution < 1.29 is 9.69 Å². The van der Waals surface area contributed by atoms with Gasteiger partial charge in [0.15, 0.2) is 6.54 Å². The van der Waals surface area contributed by atoms with Crippen molar-refractivity contribution in [3.8, 4) is 12.3 Å². The number of terminal acetylenes is 1. The lowest BCUT2D eigenvalue weighted by Gasteiger charge is -2.13. The fourth-order valence-corrected chi connectivity index (χ4v) is 1.79. The van der Waals surface area contributed by atoms with Crippen molar-refractivity contribution in [1.29, 1.82) is 0 Å². The van der Waals surface area contributed by atoms with Gasteiger partial charge in [-0.2, -0.15) is 0 Å². The minimum Gasteiger partial charge on any atom is -0.340 e. The molecule has 1 unspecified atom stereocenters. The van der Waals surface area contributed by atoms with Gasteiger partial charge in [-0.15, -0.1) is 6.42 Å². The zero-order chi connectivity index (χ0) is 13.4. The summed E-state index contributed by atoms with van der Waals surface area (Å²) in [5, 5.41) is 2.67. The first kappa shape index (κ1) is 14.3. The van der Waals surface area contributed by atoms with Crippen LogP contribution < -0.4 is 10.2 Å². The summed E-state index contributed by atoms with van der Waals surface area (Å²) in [6.07, 6.45) is 6.14. The van der Waals surface area contributed by atoms with Crippen LogP contribution in [0.5, 0.6) is 0 Å². The third-order valence-corrected chi connectivity index (χ3v) is 2.79. The molecule has 1 atom stereocenters. The molecule has 0 aliphatic heterocycles. The first-order valence-corrected chi connectivity index (χ1v) is 6.25. The van der Waals surface area contributed by atoms with Gasteiger partial charge in [0, 0.05) is 5.56 Å². The molecule has 3 nitrogen and oxygen atoms in total. The normalized spacial score (nSPS) is 11.6. The maximum atomic E-state index is 11.5. The molecule has 96 valence electrons. The van der Waals surface area contributed by atoms with E-state index in [1.165, 1.54) is 11.1 Å². The number of carbonyl (C=O) groups is 1. The first-order chi connectivity index (χ1) is 8.65. The van der Waals surface area contributed by atoms with Crippen LogP contribution in [0.25, 0.3) is 0 Å². The molecule has 0 bridgehead atoms. The minimum atomic E-state index is -0.00405. The number of nitrogens with one attached hydrogen (secondary N) is 2. The summed E-state index contributed by atoms with van der Waals surface area (Å²) >= 11 is 0. The molecule has 1 aromatic carbocycles. The van der Waals surface area contributed by atoms with E-state index in [-0.39, 0.29) is 5.91 Å². The van der Waals surface area contributed by atoms with Crippen molar-refractivity contribution in [2.75, 3.05) is 20.1 Å². The fraction of sp³-hybridized carbons (Fsp3) is 0.400. The Kier molecular flexibility index (Phi) is 5.96. The van der Waals surface area contributed by atoms with E-state index in [0.717, 1.165) is 17.9 Å². The van der Waals surface area contributed by atoms with E-state index in [4.69, 9.17) is 6.42 Å². The fourth-order valence-electron chi connectivity index (χ4n) is 1.79. The van der Waals surface area contributed by atoms with Crippen molar-refractivity contribution in [1.82, 2.24) is 5.32 Å². The van der Waals surface area contributed by atoms with Gasteiger partial charge in [0.05, 0.1) is 13.6 Å². The maximum Gasteiger partial charge on any atom is 0.275 e. The molecule has 3 heteroatoms. The third kappa shape index (κ3) is 5.03. The van der Waals surface area contributed by atoms with Crippen LogP contribution in [0.1, 0.15) is 18.1 Å². The van der Waals surface area contributed by atoms with Crippen molar-refractivity contribution in [2.24, 2.45) is 0 Å². The van der Waals surface area contributed by atoms with Crippen molar-refractivity contribution >= 4 is 5.91 Å². The van der Waals surface area contributed by atoms with Crippen LogP contribution in [0.4, 0.5) is 0 Å². The molecule has 2 N–H and O–H groups in total. The molecule has 0 aliphatic rings. The topological polar surface area (TPSA) is 33.5 Å². The highest BCUT2D eigenvalue weighted by Crippen LogP contribution is 2.03. The van der Waals surface area contributed by atoms with E-state index in [1.807, 2.05) is 7.05 Å². The van der Waals surface area contributed by atoms with Gasteiger partial charge in [0.25, 0.3) is 5.91 Å². The highest BCUT2D eigenvalue weighted by molar-refractivity contribution is 5.77. The Morgan fingerprint density at radius 3 is 2.50 bits per heavy atom. The highest BCUT2D eigenvalue weighted by atomic mass is 16.1. The molecule has 0 fully saturated rings. The molecule has 0 saturated carbocycles. The SMILES string of the molecule is C#CCNC(=O)C[NH+](C)Cc1ccc(CC)cc1. The molecule has 1 rings (SSSR count). The summed E-state index contributed by atoms with van der Waals surface area (Å²) in [5.41, 5.74) is 2.58. The molecule has 0 spiro atoms. The number of likely N-dealkylation sites (N-methyl/N-ethyl adjacent to an activating group) is 1. The molecule has 1 amide bonds. The van der Waals surface area contributed by atoms with Crippen LogP contribution in [0.3, 0.4) is 0 Å². The Bertz CT molecular complexity index is 417. The lowest BCUT2D eigenvalue weighted by molar-refractivity contribution is -0.885. The number of hydrogen-bond acceptors (Lipinski definition) is 1. The Labute approximate surface area is 109 Å². The highest BCUT2D eigenvalue weighted by Gasteiger charge is 2.09. The van der Waals surface area contributed by atoms with Crippen LogP contribution >= 0.6 is 0 Å². The van der Waals surface area contributed by atoms with E-state index >= 15 is 0 Å². The largest absolute Gasteiger partial charge is 0.340 e. The van der Waals surface area contributed by atoms with Gasteiger partial charge in [-0.3, -0.25) is 4.79 Å². The van der Waals surface area contributed by atoms with E-state index in [1.54, 1.807) is 0 Å². The quantitative estimate of drug-likeness (QED) is 0.680. The lowest BCUT2D eigenvalue weighted by atomic mass is 10.1. The second-order valence-corrected chi connectivity index (χ2v) is 4.46. The molecule has 0 saturated heterocycles. The van der Waals surface area contributed by atoms with Crippen LogP contribution in [0, 0.1) is 12.3 Å². The molecular weight excluding hydrogens is 224 g/mol. The predicted octanol–water partition coefficient (Wildman–Crippen LogP) is 0.0131.